The van der Waals surface area contributed by atoms with Crippen LogP contribution in [0.15, 0.2) is 42.5 Å². The number of fused-ring (bicyclic) bond motifs is 1. The number of likely N-dealkylation sites (N-methyl/N-ethyl adjacent to an activating group) is 1. The van der Waals surface area contributed by atoms with Crippen molar-refractivity contribution in [2.24, 2.45) is 0 Å². The maximum atomic E-state index is 13.4. The second-order valence-corrected chi connectivity index (χ2v) is 8.33. The predicted octanol–water partition coefficient (Wildman–Crippen LogP) is 5.11. The minimum atomic E-state index is -0.0798. The van der Waals surface area contributed by atoms with Crippen LogP contribution in [0.3, 0.4) is 0 Å². The molecule has 1 heterocycles. The average molecular weight is 464 g/mol. The van der Waals surface area contributed by atoms with Crippen LogP contribution in [0.5, 0.6) is 11.5 Å². The number of thiazole rings is 1. The summed E-state index contributed by atoms with van der Waals surface area (Å²) < 4.78 is 12.1. The van der Waals surface area contributed by atoms with Crippen molar-refractivity contribution in [3.8, 4) is 11.5 Å². The van der Waals surface area contributed by atoms with Gasteiger partial charge in [-0.25, -0.2) is 4.98 Å². The third-order valence-corrected chi connectivity index (χ3v) is 5.72. The summed E-state index contributed by atoms with van der Waals surface area (Å²) in [4.78, 5) is 22.0. The zero-order valence-corrected chi connectivity index (χ0v) is 20.1. The van der Waals surface area contributed by atoms with E-state index in [2.05, 4.69) is 11.8 Å². The Morgan fingerprint density at radius 2 is 1.90 bits per heavy atom. The first-order valence-electron chi connectivity index (χ1n) is 10.2. The molecule has 0 aliphatic rings. The van der Waals surface area contributed by atoms with Crippen LogP contribution in [-0.2, 0) is 0 Å². The molecule has 0 saturated heterocycles. The van der Waals surface area contributed by atoms with Crippen molar-refractivity contribution in [1.29, 1.82) is 0 Å². The van der Waals surface area contributed by atoms with E-state index in [1.807, 2.05) is 56.6 Å². The highest BCUT2D eigenvalue weighted by molar-refractivity contribution is 7.22. The van der Waals surface area contributed by atoms with Gasteiger partial charge in [0.15, 0.2) is 5.13 Å². The highest BCUT2D eigenvalue weighted by Gasteiger charge is 2.22. The molecule has 0 N–H and O–H groups in total. The van der Waals surface area contributed by atoms with Crippen LogP contribution in [-0.4, -0.2) is 56.7 Å². The Kier molecular flexibility index (Phi) is 9.55. The Balaban J connectivity index is 0.00000341. The lowest BCUT2D eigenvalue weighted by Gasteiger charge is -2.22. The number of rotatable bonds is 10. The van der Waals surface area contributed by atoms with E-state index in [0.717, 1.165) is 41.1 Å². The molecular weight excluding hydrogens is 434 g/mol. The summed E-state index contributed by atoms with van der Waals surface area (Å²) in [6, 6.07) is 13.2. The van der Waals surface area contributed by atoms with E-state index in [1.54, 1.807) is 12.0 Å². The van der Waals surface area contributed by atoms with Crippen molar-refractivity contribution in [1.82, 2.24) is 9.88 Å². The molecule has 3 rings (SSSR count). The van der Waals surface area contributed by atoms with Crippen LogP contribution < -0.4 is 14.4 Å². The first kappa shape index (κ1) is 24.9. The fourth-order valence-corrected chi connectivity index (χ4v) is 3.95. The van der Waals surface area contributed by atoms with Crippen molar-refractivity contribution in [3.05, 3.63) is 48.0 Å². The Hall–Kier alpha value is -2.35. The number of ether oxygens (including phenoxy) is 2. The van der Waals surface area contributed by atoms with Gasteiger partial charge in [0.25, 0.3) is 5.91 Å². The topological polar surface area (TPSA) is 54.9 Å². The van der Waals surface area contributed by atoms with E-state index < -0.39 is 0 Å². The molecule has 0 unspecified atom stereocenters. The molecule has 0 spiro atoms. The monoisotopic (exact) mass is 463 g/mol. The number of nitrogens with zero attached hydrogens (tertiary/aromatic N) is 3. The van der Waals surface area contributed by atoms with Gasteiger partial charge in [-0.3, -0.25) is 9.69 Å². The maximum Gasteiger partial charge on any atom is 0.260 e. The number of aromatic nitrogens is 1. The Morgan fingerprint density at radius 3 is 2.61 bits per heavy atom. The highest BCUT2D eigenvalue weighted by atomic mass is 35.5. The molecule has 0 bridgehead atoms. The highest BCUT2D eigenvalue weighted by Crippen LogP contribution is 2.32. The summed E-state index contributed by atoms with van der Waals surface area (Å²) in [7, 11) is 5.63. The number of unbranched alkanes of at least 4 members (excludes halogenated alkanes) is 1. The molecule has 0 fully saturated rings. The molecule has 168 valence electrons. The average Bonchev–Trinajstić information content (AvgIpc) is 3.16. The molecule has 0 aliphatic heterocycles. The third-order valence-electron chi connectivity index (χ3n) is 4.68. The van der Waals surface area contributed by atoms with Gasteiger partial charge in [-0.1, -0.05) is 30.7 Å². The first-order chi connectivity index (χ1) is 14.5. The van der Waals surface area contributed by atoms with Crippen molar-refractivity contribution in [2.45, 2.75) is 19.8 Å². The minimum absolute atomic E-state index is 0. The molecule has 3 aromatic rings. The molecular formula is C23H30ClN3O3S. The number of hydrogen-bond donors (Lipinski definition) is 0. The number of amides is 1. The Bertz CT molecular complexity index is 993. The standard InChI is InChI=1S/C23H29N3O3S.ClH/c1-5-6-14-29-19-9-7-8-17(15-19)22(27)26(13-12-25(2)3)23-24-20-11-10-18(28-4)16-21(20)30-23;/h7-11,15-16H,5-6,12-14H2,1-4H3;1H. The summed E-state index contributed by atoms with van der Waals surface area (Å²) in [5, 5.41) is 0.683. The second-order valence-electron chi connectivity index (χ2n) is 7.32. The predicted molar refractivity (Wildman–Crippen MR) is 130 cm³/mol. The largest absolute Gasteiger partial charge is 0.497 e. The molecule has 6 nitrogen and oxygen atoms in total. The summed E-state index contributed by atoms with van der Waals surface area (Å²) in [5.74, 6) is 1.42. The number of benzene rings is 2. The van der Waals surface area contributed by atoms with Gasteiger partial charge in [-0.15, -0.1) is 12.4 Å². The van der Waals surface area contributed by atoms with Crippen molar-refractivity contribution in [3.63, 3.8) is 0 Å². The normalized spacial score (nSPS) is 10.7. The Labute approximate surface area is 194 Å². The van der Waals surface area contributed by atoms with Gasteiger partial charge in [0.1, 0.15) is 11.5 Å². The Morgan fingerprint density at radius 1 is 1.10 bits per heavy atom. The van der Waals surface area contributed by atoms with Crippen LogP contribution in [0.1, 0.15) is 30.1 Å². The molecule has 0 aliphatic carbocycles. The summed E-state index contributed by atoms with van der Waals surface area (Å²) in [6.07, 6.45) is 2.06. The fourth-order valence-electron chi connectivity index (χ4n) is 2.93. The lowest BCUT2D eigenvalue weighted by atomic mass is 10.2. The number of methoxy groups -OCH3 is 1. The molecule has 0 atom stereocenters. The number of hydrogen-bond acceptors (Lipinski definition) is 6. The van der Waals surface area contributed by atoms with E-state index in [4.69, 9.17) is 14.5 Å². The molecule has 2 aromatic carbocycles. The molecule has 1 aromatic heterocycles. The van der Waals surface area contributed by atoms with Gasteiger partial charge in [0.2, 0.25) is 0 Å². The summed E-state index contributed by atoms with van der Waals surface area (Å²) >= 11 is 1.49. The van der Waals surface area contributed by atoms with Gasteiger partial charge in [0.05, 0.1) is 23.9 Å². The van der Waals surface area contributed by atoms with Gasteiger partial charge in [-0.05, 0) is 56.9 Å². The number of carbonyl (C=O) groups excluding carboxylic acids is 1. The molecule has 31 heavy (non-hydrogen) atoms. The number of anilines is 1. The van der Waals surface area contributed by atoms with Crippen LogP contribution in [0.25, 0.3) is 10.2 Å². The molecule has 0 radical (unpaired) electrons. The zero-order valence-electron chi connectivity index (χ0n) is 18.5. The van der Waals surface area contributed by atoms with Crippen LogP contribution in [0, 0.1) is 0 Å². The van der Waals surface area contributed by atoms with Crippen LogP contribution in [0.2, 0.25) is 0 Å². The van der Waals surface area contributed by atoms with Gasteiger partial charge in [-0.2, -0.15) is 0 Å². The van der Waals surface area contributed by atoms with Gasteiger partial charge in [0, 0.05) is 18.7 Å². The third kappa shape index (κ3) is 6.56. The number of halogens is 1. The first-order valence-corrected chi connectivity index (χ1v) is 11.0. The van der Waals surface area contributed by atoms with Crippen LogP contribution >= 0.6 is 23.7 Å². The molecule has 0 saturated carbocycles. The van der Waals surface area contributed by atoms with Gasteiger partial charge >= 0.3 is 0 Å². The van der Waals surface area contributed by atoms with E-state index >= 15 is 0 Å². The van der Waals surface area contributed by atoms with Crippen molar-refractivity contribution >= 4 is 45.0 Å². The van der Waals surface area contributed by atoms with Crippen LogP contribution in [0.4, 0.5) is 5.13 Å². The van der Waals surface area contributed by atoms with Crippen molar-refractivity contribution < 1.29 is 14.3 Å². The van der Waals surface area contributed by atoms with E-state index in [9.17, 15) is 4.79 Å². The molecule has 1 amide bonds. The van der Waals surface area contributed by atoms with E-state index in [-0.39, 0.29) is 18.3 Å². The lowest BCUT2D eigenvalue weighted by Crippen LogP contribution is -2.36. The van der Waals surface area contributed by atoms with E-state index in [0.29, 0.717) is 23.8 Å². The zero-order chi connectivity index (χ0) is 21.5. The van der Waals surface area contributed by atoms with Crippen molar-refractivity contribution in [2.75, 3.05) is 45.8 Å². The second kappa shape index (κ2) is 11.9. The smallest absolute Gasteiger partial charge is 0.260 e. The van der Waals surface area contributed by atoms with Gasteiger partial charge < -0.3 is 14.4 Å². The number of carbonyl (C=O) groups is 1. The summed E-state index contributed by atoms with van der Waals surface area (Å²) in [6.45, 7) is 4.05. The fraction of sp³-hybridized carbons (Fsp3) is 0.391. The lowest BCUT2D eigenvalue weighted by molar-refractivity contribution is 0.0984. The molecule has 8 heteroatoms. The summed E-state index contributed by atoms with van der Waals surface area (Å²) in [5.41, 5.74) is 1.45. The SMILES string of the molecule is CCCCOc1cccc(C(=O)N(CCN(C)C)c2nc3ccc(OC)cc3s2)c1.Cl. The minimum Gasteiger partial charge on any atom is -0.497 e. The maximum absolute atomic E-state index is 13.4. The van der Waals surface area contributed by atoms with E-state index in [1.165, 1.54) is 11.3 Å². The quantitative estimate of drug-likeness (QED) is 0.391.